The van der Waals surface area contributed by atoms with Gasteiger partial charge in [0.1, 0.15) is 0 Å². The lowest BCUT2D eigenvalue weighted by atomic mass is 10.1. The Bertz CT molecular complexity index is 706. The molecule has 108 valence electrons. The van der Waals surface area contributed by atoms with E-state index in [1.807, 2.05) is 5.43 Å². The van der Waals surface area contributed by atoms with E-state index in [0.717, 1.165) is 0 Å². The van der Waals surface area contributed by atoms with E-state index < -0.39 is 5.91 Å². The van der Waals surface area contributed by atoms with E-state index in [1.165, 1.54) is 6.07 Å². The maximum absolute atomic E-state index is 12.2. The number of carbonyl (C=O) groups excluding carboxylic acids is 2. The SMILES string of the molecule is NNC(=O)c1cc(Cl)ccc1NC(=O)c1ccccc1Br. The third-order valence-corrected chi connectivity index (χ3v) is 3.65. The van der Waals surface area contributed by atoms with E-state index in [4.69, 9.17) is 17.4 Å². The van der Waals surface area contributed by atoms with E-state index in [1.54, 1.807) is 36.4 Å². The molecular weight excluding hydrogens is 358 g/mol. The second-order valence-corrected chi connectivity index (χ2v) is 5.39. The predicted molar refractivity (Wildman–Crippen MR) is 85.2 cm³/mol. The molecule has 0 saturated heterocycles. The molecule has 4 N–H and O–H groups in total. The summed E-state index contributed by atoms with van der Waals surface area (Å²) >= 11 is 9.16. The van der Waals surface area contributed by atoms with Gasteiger partial charge >= 0.3 is 0 Å². The summed E-state index contributed by atoms with van der Waals surface area (Å²) < 4.78 is 0.654. The second kappa shape index (κ2) is 6.71. The number of rotatable bonds is 3. The van der Waals surface area contributed by atoms with Crippen molar-refractivity contribution in [1.29, 1.82) is 0 Å². The molecule has 0 aliphatic carbocycles. The normalized spacial score (nSPS) is 10.0. The molecule has 2 aromatic rings. The first kappa shape index (κ1) is 15.5. The number of amides is 2. The zero-order chi connectivity index (χ0) is 15.4. The molecule has 5 nitrogen and oxygen atoms in total. The fourth-order valence-electron chi connectivity index (χ4n) is 1.73. The number of nitrogen functional groups attached to an aromatic ring is 1. The number of carbonyl (C=O) groups is 2. The first-order valence-corrected chi connectivity index (χ1v) is 7.06. The highest BCUT2D eigenvalue weighted by Gasteiger charge is 2.15. The van der Waals surface area contributed by atoms with Gasteiger partial charge in [-0.15, -0.1) is 0 Å². The molecule has 0 saturated carbocycles. The number of benzene rings is 2. The lowest BCUT2D eigenvalue weighted by Gasteiger charge is -2.11. The minimum absolute atomic E-state index is 0.186. The van der Waals surface area contributed by atoms with Crippen LogP contribution in [0.25, 0.3) is 0 Å². The van der Waals surface area contributed by atoms with Gasteiger partial charge in [0.15, 0.2) is 0 Å². The van der Waals surface area contributed by atoms with Crippen LogP contribution in [0.5, 0.6) is 0 Å². The van der Waals surface area contributed by atoms with Crippen molar-refractivity contribution in [3.05, 3.63) is 63.1 Å². The van der Waals surface area contributed by atoms with Crippen molar-refractivity contribution in [2.24, 2.45) is 5.84 Å². The Morgan fingerprint density at radius 1 is 1.05 bits per heavy atom. The van der Waals surface area contributed by atoms with Crippen molar-refractivity contribution >= 4 is 45.0 Å². The third kappa shape index (κ3) is 3.60. The van der Waals surface area contributed by atoms with Gasteiger partial charge in [-0.25, -0.2) is 5.84 Å². The van der Waals surface area contributed by atoms with Gasteiger partial charge < -0.3 is 5.32 Å². The van der Waals surface area contributed by atoms with Gasteiger partial charge in [-0.05, 0) is 46.3 Å². The number of hydrogen-bond donors (Lipinski definition) is 3. The van der Waals surface area contributed by atoms with Crippen molar-refractivity contribution < 1.29 is 9.59 Å². The Labute approximate surface area is 134 Å². The molecule has 0 heterocycles. The lowest BCUT2D eigenvalue weighted by molar-refractivity contribution is 0.0954. The quantitative estimate of drug-likeness (QED) is 0.442. The summed E-state index contributed by atoms with van der Waals surface area (Å²) in [4.78, 5) is 24.0. The summed E-state index contributed by atoms with van der Waals surface area (Å²) in [6.07, 6.45) is 0. The largest absolute Gasteiger partial charge is 0.321 e. The summed E-state index contributed by atoms with van der Waals surface area (Å²) in [5.74, 6) is 4.23. The fourth-order valence-corrected chi connectivity index (χ4v) is 2.36. The molecule has 21 heavy (non-hydrogen) atoms. The average molecular weight is 369 g/mol. The standard InChI is InChI=1S/C14H11BrClN3O2/c15-11-4-2-1-3-9(11)13(20)18-12-6-5-8(16)7-10(12)14(21)19-17/h1-7H,17H2,(H,18,20)(H,19,21). The van der Waals surface area contributed by atoms with Gasteiger partial charge in [-0.2, -0.15) is 0 Å². The molecule has 0 radical (unpaired) electrons. The summed E-state index contributed by atoms with van der Waals surface area (Å²) in [5.41, 5.74) is 2.97. The van der Waals surface area contributed by atoms with Crippen LogP contribution >= 0.6 is 27.5 Å². The Morgan fingerprint density at radius 2 is 1.76 bits per heavy atom. The zero-order valence-corrected chi connectivity index (χ0v) is 13.0. The maximum atomic E-state index is 12.2. The Hall–Kier alpha value is -1.89. The molecule has 0 spiro atoms. The van der Waals surface area contributed by atoms with Crippen LogP contribution in [0.1, 0.15) is 20.7 Å². The number of hydrogen-bond acceptors (Lipinski definition) is 3. The molecule has 0 bridgehead atoms. The third-order valence-electron chi connectivity index (χ3n) is 2.72. The van der Waals surface area contributed by atoms with Gasteiger partial charge in [0.25, 0.3) is 11.8 Å². The van der Waals surface area contributed by atoms with E-state index >= 15 is 0 Å². The van der Waals surface area contributed by atoms with E-state index in [0.29, 0.717) is 20.7 Å². The Balaban J connectivity index is 2.34. The van der Waals surface area contributed by atoms with Gasteiger partial charge in [0.2, 0.25) is 0 Å². The van der Waals surface area contributed by atoms with Gasteiger partial charge in [0.05, 0.1) is 16.8 Å². The minimum atomic E-state index is -0.542. The number of halogens is 2. The molecular formula is C14H11BrClN3O2. The molecule has 0 atom stereocenters. The summed E-state index contributed by atoms with van der Waals surface area (Å²) in [6.45, 7) is 0. The van der Waals surface area contributed by atoms with Crippen LogP contribution in [0, 0.1) is 0 Å². The summed E-state index contributed by atoms with van der Waals surface area (Å²) in [5, 5.41) is 3.03. The van der Waals surface area contributed by atoms with Crippen LogP contribution in [0.15, 0.2) is 46.9 Å². The van der Waals surface area contributed by atoms with Crippen LogP contribution in [-0.2, 0) is 0 Å². The zero-order valence-electron chi connectivity index (χ0n) is 10.7. The lowest BCUT2D eigenvalue weighted by Crippen LogP contribution is -2.31. The van der Waals surface area contributed by atoms with Crippen LogP contribution in [0.3, 0.4) is 0 Å². The fraction of sp³-hybridized carbons (Fsp3) is 0. The topological polar surface area (TPSA) is 84.2 Å². The maximum Gasteiger partial charge on any atom is 0.267 e. The predicted octanol–water partition coefficient (Wildman–Crippen LogP) is 2.96. The van der Waals surface area contributed by atoms with Crippen LogP contribution in [0.2, 0.25) is 5.02 Å². The van der Waals surface area contributed by atoms with Crippen molar-refractivity contribution in [3.63, 3.8) is 0 Å². The van der Waals surface area contributed by atoms with Crippen LogP contribution in [0.4, 0.5) is 5.69 Å². The first-order chi connectivity index (χ1) is 10.0. The molecule has 2 rings (SSSR count). The number of anilines is 1. The highest BCUT2D eigenvalue weighted by Crippen LogP contribution is 2.23. The Morgan fingerprint density at radius 3 is 2.43 bits per heavy atom. The van der Waals surface area contributed by atoms with E-state index in [2.05, 4.69) is 21.2 Å². The van der Waals surface area contributed by atoms with Gasteiger partial charge in [-0.1, -0.05) is 23.7 Å². The number of nitrogens with two attached hydrogens (primary N) is 1. The highest BCUT2D eigenvalue weighted by molar-refractivity contribution is 9.10. The average Bonchev–Trinajstić information content (AvgIpc) is 2.48. The van der Waals surface area contributed by atoms with Crippen molar-refractivity contribution in [2.45, 2.75) is 0 Å². The molecule has 0 aliphatic rings. The smallest absolute Gasteiger partial charge is 0.267 e. The second-order valence-electron chi connectivity index (χ2n) is 4.10. The van der Waals surface area contributed by atoms with E-state index in [-0.39, 0.29) is 11.5 Å². The minimum Gasteiger partial charge on any atom is -0.321 e. The molecule has 0 fully saturated rings. The van der Waals surface area contributed by atoms with Crippen molar-refractivity contribution in [1.82, 2.24) is 5.43 Å². The molecule has 2 aromatic carbocycles. The summed E-state index contributed by atoms with van der Waals surface area (Å²) in [7, 11) is 0. The molecule has 0 aliphatic heterocycles. The molecule has 0 aromatic heterocycles. The number of nitrogens with one attached hydrogen (secondary N) is 2. The monoisotopic (exact) mass is 367 g/mol. The van der Waals surface area contributed by atoms with Gasteiger partial charge in [0, 0.05) is 9.50 Å². The first-order valence-electron chi connectivity index (χ1n) is 5.89. The van der Waals surface area contributed by atoms with Crippen molar-refractivity contribution in [3.8, 4) is 0 Å². The summed E-state index contributed by atoms with van der Waals surface area (Å²) in [6, 6.07) is 11.5. The van der Waals surface area contributed by atoms with Crippen LogP contribution < -0.4 is 16.6 Å². The molecule has 0 unspecified atom stereocenters. The number of hydrazine groups is 1. The van der Waals surface area contributed by atoms with Gasteiger partial charge in [-0.3, -0.25) is 15.0 Å². The molecule has 7 heteroatoms. The van der Waals surface area contributed by atoms with Crippen LogP contribution in [-0.4, -0.2) is 11.8 Å². The molecule has 2 amide bonds. The van der Waals surface area contributed by atoms with E-state index in [9.17, 15) is 9.59 Å². The highest BCUT2D eigenvalue weighted by atomic mass is 79.9. The van der Waals surface area contributed by atoms with Crippen molar-refractivity contribution in [2.75, 3.05) is 5.32 Å². The Kier molecular flexibility index (Phi) is 4.95.